The second kappa shape index (κ2) is 5.87. The molecule has 0 saturated carbocycles. The third-order valence-electron chi connectivity index (χ3n) is 3.35. The summed E-state index contributed by atoms with van der Waals surface area (Å²) in [6.07, 6.45) is 2.84. The zero-order chi connectivity index (χ0) is 13.0. The summed E-state index contributed by atoms with van der Waals surface area (Å²) in [4.78, 5) is 13.5. The first-order chi connectivity index (χ1) is 8.74. The van der Waals surface area contributed by atoms with Gasteiger partial charge in [-0.2, -0.15) is 0 Å². The molecule has 0 aromatic heterocycles. The van der Waals surface area contributed by atoms with Crippen LogP contribution in [0, 0.1) is 0 Å². The normalized spacial score (nSPS) is 14.4. The van der Waals surface area contributed by atoms with Crippen molar-refractivity contribution < 1.29 is 14.6 Å². The van der Waals surface area contributed by atoms with E-state index in [9.17, 15) is 9.90 Å². The number of anilines is 1. The van der Waals surface area contributed by atoms with Crippen LogP contribution in [-0.4, -0.2) is 37.9 Å². The number of benzene rings is 1. The summed E-state index contributed by atoms with van der Waals surface area (Å²) in [7, 11) is 1.70. The molecule has 98 valence electrons. The molecule has 1 aromatic carbocycles. The number of aromatic carboxylic acids is 1. The second-order valence-corrected chi connectivity index (χ2v) is 4.55. The molecule has 0 unspecified atom stereocenters. The molecule has 18 heavy (non-hydrogen) atoms. The molecule has 1 aliphatic rings. The third kappa shape index (κ3) is 2.64. The van der Waals surface area contributed by atoms with Gasteiger partial charge >= 0.3 is 5.97 Å². The molecule has 1 aromatic rings. The van der Waals surface area contributed by atoms with Crippen LogP contribution in [0.15, 0.2) is 18.2 Å². The van der Waals surface area contributed by atoms with Crippen LogP contribution in [0.4, 0.5) is 5.69 Å². The van der Waals surface area contributed by atoms with E-state index >= 15 is 0 Å². The number of carboxylic acids is 1. The van der Waals surface area contributed by atoms with E-state index in [1.54, 1.807) is 13.2 Å². The lowest BCUT2D eigenvalue weighted by molar-refractivity contribution is 0.0695. The molecule has 0 amide bonds. The maximum Gasteiger partial charge on any atom is 0.336 e. The van der Waals surface area contributed by atoms with E-state index in [-0.39, 0.29) is 0 Å². The molecule has 0 bridgehead atoms. The van der Waals surface area contributed by atoms with E-state index in [1.165, 1.54) is 0 Å². The van der Waals surface area contributed by atoms with Gasteiger partial charge in [-0.1, -0.05) is 6.07 Å². The van der Waals surface area contributed by atoms with E-state index < -0.39 is 5.97 Å². The van der Waals surface area contributed by atoms with Crippen molar-refractivity contribution in [3.05, 3.63) is 29.3 Å². The van der Waals surface area contributed by atoms with Gasteiger partial charge in [-0.15, -0.1) is 0 Å². The number of nitrogens with zero attached hydrogens (tertiary/aromatic N) is 1. The molecule has 0 aliphatic carbocycles. The van der Waals surface area contributed by atoms with Gasteiger partial charge in [-0.05, 0) is 37.0 Å². The van der Waals surface area contributed by atoms with Crippen LogP contribution in [0.25, 0.3) is 0 Å². The molecule has 1 heterocycles. The van der Waals surface area contributed by atoms with Crippen molar-refractivity contribution in [2.75, 3.05) is 31.7 Å². The lowest BCUT2D eigenvalue weighted by atomic mass is 9.96. The average molecular weight is 249 g/mol. The third-order valence-corrected chi connectivity index (χ3v) is 3.35. The fourth-order valence-corrected chi connectivity index (χ4v) is 2.53. The monoisotopic (exact) mass is 249 g/mol. The van der Waals surface area contributed by atoms with Gasteiger partial charge in [0.25, 0.3) is 0 Å². The standard InChI is InChI=1S/C14H19NO3/c1-18-10-4-9-15-8-3-6-11-12(14(16)17)5-2-7-13(11)15/h2,5,7H,3-4,6,8-10H2,1H3,(H,16,17). The van der Waals surface area contributed by atoms with Crippen LogP contribution in [0.1, 0.15) is 28.8 Å². The van der Waals surface area contributed by atoms with Gasteiger partial charge in [0.1, 0.15) is 0 Å². The Hall–Kier alpha value is -1.55. The maximum atomic E-state index is 11.2. The smallest absolute Gasteiger partial charge is 0.336 e. The van der Waals surface area contributed by atoms with Crippen molar-refractivity contribution in [3.8, 4) is 0 Å². The van der Waals surface area contributed by atoms with Crippen molar-refractivity contribution in [1.29, 1.82) is 0 Å². The molecule has 0 atom stereocenters. The Morgan fingerprint density at radius 1 is 1.50 bits per heavy atom. The molecule has 0 radical (unpaired) electrons. The van der Waals surface area contributed by atoms with Gasteiger partial charge in [0.05, 0.1) is 5.56 Å². The largest absolute Gasteiger partial charge is 0.478 e. The summed E-state index contributed by atoms with van der Waals surface area (Å²) in [5.74, 6) is -0.828. The summed E-state index contributed by atoms with van der Waals surface area (Å²) in [5.41, 5.74) is 2.51. The van der Waals surface area contributed by atoms with Crippen LogP contribution in [0.2, 0.25) is 0 Å². The van der Waals surface area contributed by atoms with Crippen molar-refractivity contribution in [2.45, 2.75) is 19.3 Å². The molecule has 0 spiro atoms. The van der Waals surface area contributed by atoms with Crippen LogP contribution in [-0.2, 0) is 11.2 Å². The van der Waals surface area contributed by atoms with Gasteiger partial charge in [0, 0.05) is 32.5 Å². The fraction of sp³-hybridized carbons (Fsp3) is 0.500. The maximum absolute atomic E-state index is 11.2. The van der Waals surface area contributed by atoms with E-state index in [1.807, 2.05) is 12.1 Å². The minimum atomic E-state index is -0.828. The lowest BCUT2D eigenvalue weighted by Crippen LogP contribution is -2.31. The van der Waals surface area contributed by atoms with Crippen molar-refractivity contribution in [2.24, 2.45) is 0 Å². The van der Waals surface area contributed by atoms with Gasteiger partial charge in [-0.25, -0.2) is 4.79 Å². The number of hydrogen-bond acceptors (Lipinski definition) is 3. The molecular formula is C14H19NO3. The minimum absolute atomic E-state index is 0.448. The number of rotatable bonds is 5. The highest BCUT2D eigenvalue weighted by Gasteiger charge is 2.21. The first-order valence-electron chi connectivity index (χ1n) is 6.33. The first kappa shape index (κ1) is 12.9. The van der Waals surface area contributed by atoms with E-state index in [0.29, 0.717) is 5.56 Å². The van der Waals surface area contributed by atoms with Crippen LogP contribution >= 0.6 is 0 Å². The first-order valence-corrected chi connectivity index (χ1v) is 6.33. The van der Waals surface area contributed by atoms with Crippen molar-refractivity contribution >= 4 is 11.7 Å². The zero-order valence-corrected chi connectivity index (χ0v) is 10.7. The Morgan fingerprint density at radius 3 is 3.06 bits per heavy atom. The average Bonchev–Trinajstić information content (AvgIpc) is 2.38. The number of methoxy groups -OCH3 is 1. The molecule has 0 saturated heterocycles. The summed E-state index contributed by atoms with van der Waals surface area (Å²) >= 11 is 0. The molecule has 4 heteroatoms. The van der Waals surface area contributed by atoms with Crippen molar-refractivity contribution in [1.82, 2.24) is 0 Å². The summed E-state index contributed by atoms with van der Waals surface area (Å²) in [5, 5.41) is 9.20. The highest BCUT2D eigenvalue weighted by atomic mass is 16.5. The topological polar surface area (TPSA) is 49.8 Å². The molecule has 1 aliphatic heterocycles. The molecule has 2 rings (SSSR count). The highest BCUT2D eigenvalue weighted by molar-refractivity contribution is 5.91. The van der Waals surface area contributed by atoms with E-state index in [0.717, 1.165) is 50.2 Å². The Kier molecular flexibility index (Phi) is 4.20. The van der Waals surface area contributed by atoms with Gasteiger partial charge in [-0.3, -0.25) is 0 Å². The number of carboxylic acid groups (broad SMARTS) is 1. The molecule has 4 nitrogen and oxygen atoms in total. The Bertz CT molecular complexity index is 431. The van der Waals surface area contributed by atoms with Crippen LogP contribution in [0.5, 0.6) is 0 Å². The van der Waals surface area contributed by atoms with Gasteiger partial charge < -0.3 is 14.7 Å². The Labute approximate surface area is 107 Å². The molecule has 1 N–H and O–H groups in total. The predicted molar refractivity (Wildman–Crippen MR) is 70.4 cm³/mol. The fourth-order valence-electron chi connectivity index (χ4n) is 2.53. The van der Waals surface area contributed by atoms with E-state index in [4.69, 9.17) is 4.74 Å². The van der Waals surface area contributed by atoms with E-state index in [2.05, 4.69) is 4.90 Å². The quantitative estimate of drug-likeness (QED) is 0.813. The lowest BCUT2D eigenvalue weighted by Gasteiger charge is -2.32. The number of hydrogen-bond donors (Lipinski definition) is 1. The second-order valence-electron chi connectivity index (χ2n) is 4.55. The number of ether oxygens (including phenoxy) is 1. The molecular weight excluding hydrogens is 230 g/mol. The van der Waals surface area contributed by atoms with Gasteiger partial charge in [0.2, 0.25) is 0 Å². The predicted octanol–water partition coefficient (Wildman–Crippen LogP) is 2.17. The summed E-state index contributed by atoms with van der Waals surface area (Å²) in [6, 6.07) is 5.55. The number of carbonyl (C=O) groups is 1. The van der Waals surface area contributed by atoms with Crippen LogP contribution in [0.3, 0.4) is 0 Å². The van der Waals surface area contributed by atoms with Gasteiger partial charge in [0.15, 0.2) is 0 Å². The minimum Gasteiger partial charge on any atom is -0.478 e. The number of fused-ring (bicyclic) bond motifs is 1. The zero-order valence-electron chi connectivity index (χ0n) is 10.7. The Morgan fingerprint density at radius 2 is 2.33 bits per heavy atom. The van der Waals surface area contributed by atoms with Crippen LogP contribution < -0.4 is 4.90 Å². The molecule has 0 fully saturated rings. The SMILES string of the molecule is COCCCN1CCCc2c(C(=O)O)cccc21. The summed E-state index contributed by atoms with van der Waals surface area (Å²) < 4.78 is 5.06. The Balaban J connectivity index is 2.21. The summed E-state index contributed by atoms with van der Waals surface area (Å²) in [6.45, 7) is 2.66. The van der Waals surface area contributed by atoms with Crippen molar-refractivity contribution in [3.63, 3.8) is 0 Å². The highest BCUT2D eigenvalue weighted by Crippen LogP contribution is 2.29.